The van der Waals surface area contributed by atoms with Gasteiger partial charge in [-0.15, -0.1) is 0 Å². The molecule has 0 radical (unpaired) electrons. The van der Waals surface area contributed by atoms with Crippen molar-refractivity contribution in [1.29, 1.82) is 5.26 Å². The third-order valence-corrected chi connectivity index (χ3v) is 2.85. The van der Waals surface area contributed by atoms with Gasteiger partial charge in [-0.2, -0.15) is 13.7 Å². The standard InChI is InChI=1S/C12H14N2O.H4N2O2S/c1-12(5-6-12)8-15-11-4-2-3-10(14)9(11)7-13;1-5(2,3)4/h2-4H,5-6,8,14H2,1H3;(H4,1,2,3,4). The predicted octanol–water partition coefficient (Wildman–Crippen LogP) is 0.468. The Kier molecular flexibility index (Phi) is 4.94. The monoisotopic (exact) mass is 298 g/mol. The van der Waals surface area contributed by atoms with Gasteiger partial charge >= 0.3 is 0 Å². The van der Waals surface area contributed by atoms with Crippen LogP contribution in [0.5, 0.6) is 5.75 Å². The highest BCUT2D eigenvalue weighted by molar-refractivity contribution is 7.86. The first-order chi connectivity index (χ1) is 9.14. The first-order valence-electron chi connectivity index (χ1n) is 5.86. The van der Waals surface area contributed by atoms with Crippen molar-refractivity contribution in [2.75, 3.05) is 12.3 Å². The summed E-state index contributed by atoms with van der Waals surface area (Å²) in [7, 11) is -3.67. The van der Waals surface area contributed by atoms with Crippen molar-refractivity contribution < 1.29 is 13.2 Å². The Balaban J connectivity index is 0.000000347. The van der Waals surface area contributed by atoms with Crippen molar-refractivity contribution in [3.63, 3.8) is 0 Å². The van der Waals surface area contributed by atoms with Crippen molar-refractivity contribution in [2.45, 2.75) is 19.8 Å². The summed E-state index contributed by atoms with van der Waals surface area (Å²) in [5.74, 6) is 0.602. The van der Waals surface area contributed by atoms with E-state index in [1.165, 1.54) is 12.8 Å². The first-order valence-corrected chi connectivity index (χ1v) is 7.47. The Hall–Kier alpha value is -1.82. The lowest BCUT2D eigenvalue weighted by molar-refractivity contribution is 0.247. The second-order valence-corrected chi connectivity index (χ2v) is 6.20. The van der Waals surface area contributed by atoms with Crippen LogP contribution in [0.15, 0.2) is 18.2 Å². The molecular formula is C12H18N4O3S. The molecule has 6 N–H and O–H groups in total. The minimum Gasteiger partial charge on any atom is -0.492 e. The van der Waals surface area contributed by atoms with Crippen LogP contribution in [-0.4, -0.2) is 15.0 Å². The summed E-state index contributed by atoms with van der Waals surface area (Å²) >= 11 is 0. The molecule has 1 fully saturated rings. The number of nitrogens with two attached hydrogens (primary N) is 3. The third-order valence-electron chi connectivity index (χ3n) is 2.85. The topological polar surface area (TPSA) is 145 Å². The van der Waals surface area contributed by atoms with Gasteiger partial charge in [0, 0.05) is 5.41 Å². The van der Waals surface area contributed by atoms with Crippen LogP contribution in [-0.2, 0) is 10.2 Å². The number of nitriles is 1. The molecule has 0 saturated heterocycles. The van der Waals surface area contributed by atoms with Crippen LogP contribution < -0.4 is 20.7 Å². The highest BCUT2D eigenvalue weighted by atomic mass is 32.2. The molecule has 1 aromatic rings. The van der Waals surface area contributed by atoms with Gasteiger partial charge in [-0.3, -0.25) is 0 Å². The smallest absolute Gasteiger partial charge is 0.271 e. The van der Waals surface area contributed by atoms with Gasteiger partial charge in [0.2, 0.25) is 0 Å². The SMILES string of the molecule is CC1(COc2cccc(N)c2C#N)CC1.NS(N)(=O)=O. The predicted molar refractivity (Wildman–Crippen MR) is 75.7 cm³/mol. The highest BCUT2D eigenvalue weighted by Gasteiger charge is 2.38. The summed E-state index contributed by atoms with van der Waals surface area (Å²) in [6.45, 7) is 2.86. The number of ether oxygens (including phenoxy) is 1. The summed E-state index contributed by atoms with van der Waals surface area (Å²) in [6.07, 6.45) is 2.41. The zero-order chi connectivity index (χ0) is 15.4. The first kappa shape index (κ1) is 16.2. The van der Waals surface area contributed by atoms with E-state index in [9.17, 15) is 8.42 Å². The van der Waals surface area contributed by atoms with Crippen LogP contribution in [0.1, 0.15) is 25.3 Å². The molecule has 7 nitrogen and oxygen atoms in total. The maximum atomic E-state index is 9.19. The number of nitrogens with zero attached hydrogens (tertiary/aromatic N) is 1. The van der Waals surface area contributed by atoms with Crippen LogP contribution in [0.2, 0.25) is 0 Å². The van der Waals surface area contributed by atoms with Crippen molar-refractivity contribution in [3.05, 3.63) is 23.8 Å². The minimum absolute atomic E-state index is 0.317. The number of nitrogen functional groups attached to an aromatic ring is 1. The Labute approximate surface area is 118 Å². The molecule has 1 aromatic carbocycles. The summed E-state index contributed by atoms with van der Waals surface area (Å²) in [5, 5.41) is 17.1. The average molecular weight is 298 g/mol. The van der Waals surface area contributed by atoms with Crippen molar-refractivity contribution in [2.24, 2.45) is 15.7 Å². The van der Waals surface area contributed by atoms with Crippen LogP contribution in [0, 0.1) is 16.7 Å². The van der Waals surface area contributed by atoms with E-state index in [0.717, 1.165) is 0 Å². The summed E-state index contributed by atoms with van der Waals surface area (Å²) in [5.41, 5.74) is 6.93. The Morgan fingerprint density at radius 2 is 1.95 bits per heavy atom. The van der Waals surface area contributed by atoms with Crippen LogP contribution in [0.4, 0.5) is 5.69 Å². The molecule has 1 aliphatic carbocycles. The van der Waals surface area contributed by atoms with Crippen LogP contribution in [0.25, 0.3) is 0 Å². The lowest BCUT2D eigenvalue weighted by Crippen LogP contribution is -2.21. The number of rotatable bonds is 3. The van der Waals surface area contributed by atoms with E-state index in [0.29, 0.717) is 29.0 Å². The molecule has 0 bridgehead atoms. The van der Waals surface area contributed by atoms with E-state index in [4.69, 9.17) is 15.7 Å². The molecule has 0 aromatic heterocycles. The highest BCUT2D eigenvalue weighted by Crippen LogP contribution is 2.45. The molecule has 1 aliphatic rings. The van der Waals surface area contributed by atoms with Crippen molar-refractivity contribution in [3.8, 4) is 11.8 Å². The van der Waals surface area contributed by atoms with E-state index >= 15 is 0 Å². The van der Waals surface area contributed by atoms with E-state index in [2.05, 4.69) is 23.3 Å². The largest absolute Gasteiger partial charge is 0.492 e. The second-order valence-electron chi connectivity index (χ2n) is 5.02. The third kappa shape index (κ3) is 5.88. The lowest BCUT2D eigenvalue weighted by Gasteiger charge is -2.12. The average Bonchev–Trinajstić information content (AvgIpc) is 3.03. The molecule has 20 heavy (non-hydrogen) atoms. The molecule has 0 unspecified atom stereocenters. The fourth-order valence-electron chi connectivity index (χ4n) is 1.40. The number of hydrogen-bond donors (Lipinski definition) is 3. The molecule has 0 spiro atoms. The fourth-order valence-corrected chi connectivity index (χ4v) is 1.40. The molecule has 0 aliphatic heterocycles. The quantitative estimate of drug-likeness (QED) is 0.694. The van der Waals surface area contributed by atoms with Gasteiger partial charge in [-0.25, -0.2) is 10.3 Å². The van der Waals surface area contributed by atoms with E-state index in [-0.39, 0.29) is 0 Å². The second kappa shape index (κ2) is 6.09. The van der Waals surface area contributed by atoms with Crippen molar-refractivity contribution >= 4 is 15.9 Å². The van der Waals surface area contributed by atoms with E-state index < -0.39 is 10.2 Å². The van der Waals surface area contributed by atoms with Gasteiger partial charge in [0.1, 0.15) is 17.4 Å². The molecule has 2 rings (SSSR count). The molecule has 110 valence electrons. The Bertz CT molecular complexity index is 610. The molecule has 0 amide bonds. The Morgan fingerprint density at radius 3 is 2.40 bits per heavy atom. The molecule has 0 atom stereocenters. The van der Waals surface area contributed by atoms with Gasteiger partial charge in [0.05, 0.1) is 12.3 Å². The van der Waals surface area contributed by atoms with E-state index in [1.54, 1.807) is 18.2 Å². The maximum Gasteiger partial charge on any atom is 0.271 e. The zero-order valence-corrected chi connectivity index (χ0v) is 12.0. The van der Waals surface area contributed by atoms with Crippen LogP contribution >= 0.6 is 0 Å². The number of hydrogen-bond acceptors (Lipinski definition) is 5. The summed E-state index contributed by atoms with van der Waals surface area (Å²) in [4.78, 5) is 0. The lowest BCUT2D eigenvalue weighted by atomic mass is 10.1. The fraction of sp³-hybridized carbons (Fsp3) is 0.417. The van der Waals surface area contributed by atoms with E-state index in [1.807, 2.05) is 0 Å². The molecular weight excluding hydrogens is 280 g/mol. The zero-order valence-electron chi connectivity index (χ0n) is 11.2. The van der Waals surface area contributed by atoms with Gasteiger partial charge in [-0.1, -0.05) is 13.0 Å². The molecule has 0 heterocycles. The summed E-state index contributed by atoms with van der Waals surface area (Å²) in [6, 6.07) is 7.38. The molecule has 1 saturated carbocycles. The van der Waals surface area contributed by atoms with Gasteiger partial charge in [0.25, 0.3) is 10.2 Å². The Morgan fingerprint density at radius 1 is 1.40 bits per heavy atom. The van der Waals surface area contributed by atoms with Gasteiger partial charge in [-0.05, 0) is 25.0 Å². The van der Waals surface area contributed by atoms with Crippen LogP contribution in [0.3, 0.4) is 0 Å². The number of benzene rings is 1. The number of anilines is 1. The summed E-state index contributed by atoms with van der Waals surface area (Å²) < 4.78 is 24.0. The molecule has 8 heteroatoms. The van der Waals surface area contributed by atoms with Gasteiger partial charge in [0.15, 0.2) is 0 Å². The minimum atomic E-state index is -3.67. The normalized spacial score (nSPS) is 15.5. The van der Waals surface area contributed by atoms with Crippen molar-refractivity contribution in [1.82, 2.24) is 0 Å². The van der Waals surface area contributed by atoms with Gasteiger partial charge < -0.3 is 10.5 Å². The maximum absolute atomic E-state index is 9.19.